The van der Waals surface area contributed by atoms with Gasteiger partial charge in [-0.05, 0) is 42.0 Å². The molecule has 7 nitrogen and oxygen atoms in total. The lowest BCUT2D eigenvalue weighted by molar-refractivity contribution is -0.137. The number of hydrogen-bond acceptors (Lipinski definition) is 6. The molecule has 0 saturated carbocycles. The molecule has 2 aromatic carbocycles. The smallest absolute Gasteiger partial charge is 0.417 e. The molecule has 2 heterocycles. The summed E-state index contributed by atoms with van der Waals surface area (Å²) < 4.78 is 44.9. The van der Waals surface area contributed by atoms with E-state index in [1.807, 2.05) is 0 Å². The number of rotatable bonds is 6. The van der Waals surface area contributed by atoms with E-state index >= 15 is 0 Å². The van der Waals surface area contributed by atoms with E-state index in [0.717, 1.165) is 38.3 Å². The predicted molar refractivity (Wildman–Crippen MR) is 128 cm³/mol. The Balaban J connectivity index is 1.40. The number of nitrogens with one attached hydrogen (secondary N) is 2. The average Bonchev–Trinajstić information content (AvgIpc) is 2.84. The van der Waals surface area contributed by atoms with Crippen molar-refractivity contribution in [3.8, 4) is 11.6 Å². The van der Waals surface area contributed by atoms with Crippen LogP contribution in [0.1, 0.15) is 11.1 Å². The van der Waals surface area contributed by atoms with Gasteiger partial charge in [-0.1, -0.05) is 23.7 Å². The topological polar surface area (TPSA) is 79.4 Å². The van der Waals surface area contributed by atoms with Crippen LogP contribution in [0.15, 0.2) is 60.8 Å². The van der Waals surface area contributed by atoms with E-state index in [1.165, 1.54) is 18.2 Å². The zero-order valence-electron chi connectivity index (χ0n) is 18.3. The highest BCUT2D eigenvalue weighted by molar-refractivity contribution is 6.31. The Labute approximate surface area is 204 Å². The number of piperazine rings is 1. The maximum atomic E-state index is 13.0. The largest absolute Gasteiger partial charge is 0.439 e. The normalized spacial score (nSPS) is 14.2. The van der Waals surface area contributed by atoms with Crippen molar-refractivity contribution in [2.24, 2.45) is 0 Å². The summed E-state index contributed by atoms with van der Waals surface area (Å²) in [5.41, 5.74) is -0.380. The molecule has 1 aliphatic heterocycles. The second kappa shape index (κ2) is 10.7. The van der Waals surface area contributed by atoms with Crippen LogP contribution in [-0.4, -0.2) is 42.1 Å². The van der Waals surface area contributed by atoms with Crippen LogP contribution < -0.4 is 20.3 Å². The zero-order chi connectivity index (χ0) is 24.8. The Bertz CT molecular complexity index is 1230. The van der Waals surface area contributed by atoms with Crippen LogP contribution in [0.3, 0.4) is 0 Å². The van der Waals surface area contributed by atoms with Crippen LogP contribution in [0.4, 0.5) is 24.8 Å². The molecule has 1 fully saturated rings. The number of halogens is 4. The SMILES string of the molecule is O=C(/C=C/c1cccc(Oc2ccnc(N3CCNCC3)n2)c1)Nc1ccc(Cl)c(C(F)(F)F)c1. The molecule has 0 atom stereocenters. The van der Waals surface area contributed by atoms with Crippen LogP contribution in [0.2, 0.25) is 5.02 Å². The van der Waals surface area contributed by atoms with Gasteiger partial charge in [-0.3, -0.25) is 4.79 Å². The molecule has 0 bridgehead atoms. The summed E-state index contributed by atoms with van der Waals surface area (Å²) in [4.78, 5) is 23.1. The fourth-order valence-corrected chi connectivity index (χ4v) is 3.61. The highest BCUT2D eigenvalue weighted by Gasteiger charge is 2.33. The number of benzene rings is 2. The van der Waals surface area contributed by atoms with Crippen molar-refractivity contribution in [1.29, 1.82) is 0 Å². The van der Waals surface area contributed by atoms with E-state index in [4.69, 9.17) is 16.3 Å². The molecule has 4 rings (SSSR count). The van der Waals surface area contributed by atoms with Gasteiger partial charge in [0.2, 0.25) is 17.7 Å². The lowest BCUT2D eigenvalue weighted by Gasteiger charge is -2.27. The van der Waals surface area contributed by atoms with Gasteiger partial charge in [-0.2, -0.15) is 18.2 Å². The van der Waals surface area contributed by atoms with Gasteiger partial charge in [0.25, 0.3) is 0 Å². The molecule has 1 saturated heterocycles. The Kier molecular flexibility index (Phi) is 7.52. The van der Waals surface area contributed by atoms with Crippen molar-refractivity contribution in [1.82, 2.24) is 15.3 Å². The number of amides is 1. The molecular weight excluding hydrogens is 483 g/mol. The summed E-state index contributed by atoms with van der Waals surface area (Å²) in [7, 11) is 0. The van der Waals surface area contributed by atoms with Gasteiger partial charge < -0.3 is 20.3 Å². The molecule has 0 radical (unpaired) electrons. The van der Waals surface area contributed by atoms with Crippen LogP contribution in [0.5, 0.6) is 11.6 Å². The van der Waals surface area contributed by atoms with Crippen LogP contribution in [0, 0.1) is 0 Å². The maximum Gasteiger partial charge on any atom is 0.417 e. The fourth-order valence-electron chi connectivity index (χ4n) is 3.38. The summed E-state index contributed by atoms with van der Waals surface area (Å²) in [5.74, 6) is 0.886. The molecule has 0 unspecified atom stereocenters. The number of carbonyl (C=O) groups is 1. The van der Waals surface area contributed by atoms with Gasteiger partial charge in [0.1, 0.15) is 5.75 Å². The summed E-state index contributed by atoms with van der Waals surface area (Å²) in [5, 5.41) is 5.24. The lowest BCUT2D eigenvalue weighted by atomic mass is 10.2. The molecule has 182 valence electrons. The number of alkyl halides is 3. The van der Waals surface area contributed by atoms with Crippen molar-refractivity contribution in [3.63, 3.8) is 0 Å². The third-order valence-corrected chi connectivity index (χ3v) is 5.39. The van der Waals surface area contributed by atoms with Gasteiger partial charge in [-0.25, -0.2) is 4.98 Å². The standard InChI is InChI=1S/C24H21ClF3N5O2/c25-20-6-5-17(15-19(20)24(26,27)28)31-21(34)7-4-16-2-1-3-18(14-16)35-22-8-9-30-23(32-22)33-12-10-29-11-13-33/h1-9,14-15,29H,10-13H2,(H,31,34)/b7-4+. The Hall–Kier alpha value is -3.63. The molecule has 11 heteroatoms. The molecule has 0 aliphatic carbocycles. The Morgan fingerprint density at radius 3 is 2.71 bits per heavy atom. The van der Waals surface area contributed by atoms with Crippen molar-refractivity contribution in [2.45, 2.75) is 6.18 Å². The minimum atomic E-state index is -4.62. The van der Waals surface area contributed by atoms with Crippen LogP contribution in [0.25, 0.3) is 6.08 Å². The second-order valence-corrected chi connectivity index (χ2v) is 8.03. The van der Waals surface area contributed by atoms with Crippen LogP contribution >= 0.6 is 11.6 Å². The van der Waals surface area contributed by atoms with Crippen molar-refractivity contribution in [3.05, 3.63) is 77.0 Å². The summed E-state index contributed by atoms with van der Waals surface area (Å²) in [6, 6.07) is 11.8. The molecule has 35 heavy (non-hydrogen) atoms. The number of ether oxygens (including phenoxy) is 1. The Morgan fingerprint density at radius 1 is 1.14 bits per heavy atom. The third kappa shape index (κ3) is 6.71. The first kappa shape index (κ1) is 24.5. The Morgan fingerprint density at radius 2 is 1.94 bits per heavy atom. The van der Waals surface area contributed by atoms with E-state index in [9.17, 15) is 18.0 Å². The fraction of sp³-hybridized carbons (Fsp3) is 0.208. The van der Waals surface area contributed by atoms with Crippen molar-refractivity contribution >= 4 is 35.2 Å². The van der Waals surface area contributed by atoms with E-state index in [2.05, 4.69) is 25.5 Å². The number of hydrogen-bond donors (Lipinski definition) is 2. The average molecular weight is 504 g/mol. The number of aromatic nitrogens is 2. The highest BCUT2D eigenvalue weighted by Crippen LogP contribution is 2.36. The molecule has 1 aliphatic rings. The summed E-state index contributed by atoms with van der Waals surface area (Å²) in [6.45, 7) is 3.33. The van der Waals surface area contributed by atoms with Crippen molar-refractivity contribution in [2.75, 3.05) is 36.4 Å². The highest BCUT2D eigenvalue weighted by atomic mass is 35.5. The summed E-state index contributed by atoms with van der Waals surface area (Å²) >= 11 is 5.61. The molecule has 0 spiro atoms. The molecule has 1 aromatic heterocycles. The second-order valence-electron chi connectivity index (χ2n) is 7.62. The maximum absolute atomic E-state index is 13.0. The van der Waals surface area contributed by atoms with Crippen LogP contribution in [-0.2, 0) is 11.0 Å². The molecule has 2 N–H and O–H groups in total. The molecule has 1 amide bonds. The minimum absolute atomic E-state index is 0.0162. The number of carbonyl (C=O) groups excluding carboxylic acids is 1. The first-order chi connectivity index (χ1) is 16.8. The quantitative estimate of drug-likeness (QED) is 0.461. The number of anilines is 2. The van der Waals surface area contributed by atoms with Gasteiger partial charge in [0.05, 0.1) is 10.6 Å². The van der Waals surface area contributed by atoms with Crippen molar-refractivity contribution < 1.29 is 22.7 Å². The van der Waals surface area contributed by atoms with Gasteiger partial charge in [-0.15, -0.1) is 0 Å². The number of nitrogens with zero attached hydrogens (tertiary/aromatic N) is 3. The lowest BCUT2D eigenvalue weighted by Crippen LogP contribution is -2.44. The molecular formula is C24H21ClF3N5O2. The first-order valence-corrected chi connectivity index (χ1v) is 11.1. The molecule has 3 aromatic rings. The minimum Gasteiger partial charge on any atom is -0.439 e. The first-order valence-electron chi connectivity index (χ1n) is 10.7. The predicted octanol–water partition coefficient (Wildman–Crippen LogP) is 5.00. The third-order valence-electron chi connectivity index (χ3n) is 5.06. The van der Waals surface area contributed by atoms with Gasteiger partial charge in [0, 0.05) is 50.2 Å². The van der Waals surface area contributed by atoms with E-state index < -0.39 is 22.7 Å². The van der Waals surface area contributed by atoms with E-state index in [-0.39, 0.29) is 5.69 Å². The zero-order valence-corrected chi connectivity index (χ0v) is 19.1. The van der Waals surface area contributed by atoms with Gasteiger partial charge >= 0.3 is 6.18 Å². The monoisotopic (exact) mass is 503 g/mol. The van der Waals surface area contributed by atoms with E-state index in [1.54, 1.807) is 36.5 Å². The summed E-state index contributed by atoms with van der Waals surface area (Å²) in [6.07, 6.45) is -0.249. The van der Waals surface area contributed by atoms with E-state index in [0.29, 0.717) is 23.1 Å². The van der Waals surface area contributed by atoms with Gasteiger partial charge in [0.15, 0.2) is 0 Å².